The maximum atomic E-state index is 11.7. The van der Waals surface area contributed by atoms with E-state index in [0.29, 0.717) is 5.56 Å². The Bertz CT molecular complexity index is 731. The van der Waals surface area contributed by atoms with Crippen LogP contribution in [0.15, 0.2) is 36.4 Å². The number of benzene rings is 2. The van der Waals surface area contributed by atoms with Crippen LogP contribution in [0, 0.1) is 0 Å². The summed E-state index contributed by atoms with van der Waals surface area (Å²) < 4.78 is 27.5. The summed E-state index contributed by atoms with van der Waals surface area (Å²) >= 11 is 0. The number of carbonyl (C=O) groups is 1. The van der Waals surface area contributed by atoms with Crippen LogP contribution in [0.4, 0.5) is 0 Å². The van der Waals surface area contributed by atoms with Gasteiger partial charge in [-0.15, -0.1) is 0 Å². The molecule has 0 aliphatic carbocycles. The SMILES string of the molecule is O=C1CS(=O)(=O)Oc2cc3ccccc3cc21. The fourth-order valence-electron chi connectivity index (χ4n) is 1.91. The van der Waals surface area contributed by atoms with Gasteiger partial charge in [0.15, 0.2) is 11.5 Å². The minimum absolute atomic E-state index is 0.125. The van der Waals surface area contributed by atoms with E-state index in [2.05, 4.69) is 0 Å². The second kappa shape index (κ2) is 3.30. The largest absolute Gasteiger partial charge is 0.381 e. The first-order chi connectivity index (χ1) is 8.05. The molecule has 1 heterocycles. The van der Waals surface area contributed by atoms with Gasteiger partial charge in [0.05, 0.1) is 5.56 Å². The molecule has 0 fully saturated rings. The van der Waals surface area contributed by atoms with Gasteiger partial charge in [0.2, 0.25) is 0 Å². The lowest BCUT2D eigenvalue weighted by Crippen LogP contribution is -2.27. The number of ketones is 1. The van der Waals surface area contributed by atoms with E-state index in [1.807, 2.05) is 24.3 Å². The van der Waals surface area contributed by atoms with Crippen LogP contribution < -0.4 is 4.18 Å². The van der Waals surface area contributed by atoms with E-state index in [4.69, 9.17) is 4.18 Å². The normalized spacial score (nSPS) is 17.5. The number of rotatable bonds is 0. The van der Waals surface area contributed by atoms with Crippen molar-refractivity contribution in [2.75, 3.05) is 5.75 Å². The molecule has 2 aromatic rings. The predicted molar refractivity (Wildman–Crippen MR) is 62.7 cm³/mol. The fraction of sp³-hybridized carbons (Fsp3) is 0.0833. The molecule has 5 heteroatoms. The maximum absolute atomic E-state index is 11.7. The van der Waals surface area contributed by atoms with Crippen molar-refractivity contribution in [3.63, 3.8) is 0 Å². The van der Waals surface area contributed by atoms with Gasteiger partial charge in [0.1, 0.15) is 5.75 Å². The summed E-state index contributed by atoms with van der Waals surface area (Å²) in [6, 6.07) is 10.7. The lowest BCUT2D eigenvalue weighted by molar-refractivity contribution is 0.101. The van der Waals surface area contributed by atoms with Crippen LogP contribution in [0.1, 0.15) is 10.4 Å². The number of Topliss-reactive ketones (excluding diaryl/α,β-unsaturated/α-hetero) is 1. The molecule has 0 saturated heterocycles. The Labute approximate surface area is 97.9 Å². The zero-order valence-electron chi connectivity index (χ0n) is 8.71. The van der Waals surface area contributed by atoms with Crippen LogP contribution >= 0.6 is 0 Å². The van der Waals surface area contributed by atoms with Crippen LogP contribution in [-0.2, 0) is 10.1 Å². The highest BCUT2D eigenvalue weighted by molar-refractivity contribution is 7.88. The second-order valence-electron chi connectivity index (χ2n) is 3.90. The smallest absolute Gasteiger partial charge is 0.316 e. The lowest BCUT2D eigenvalue weighted by Gasteiger charge is -2.16. The molecule has 0 atom stereocenters. The fourth-order valence-corrected chi connectivity index (χ4v) is 2.86. The molecule has 0 amide bonds. The highest BCUT2D eigenvalue weighted by atomic mass is 32.2. The minimum Gasteiger partial charge on any atom is -0.381 e. The van der Waals surface area contributed by atoms with Gasteiger partial charge in [0, 0.05) is 0 Å². The third-order valence-corrected chi connectivity index (χ3v) is 3.72. The molecule has 0 bridgehead atoms. The van der Waals surface area contributed by atoms with Gasteiger partial charge in [-0.25, -0.2) is 0 Å². The average Bonchev–Trinajstić information content (AvgIpc) is 2.25. The zero-order valence-corrected chi connectivity index (χ0v) is 9.53. The van der Waals surface area contributed by atoms with Crippen molar-refractivity contribution in [3.05, 3.63) is 42.0 Å². The van der Waals surface area contributed by atoms with E-state index in [0.717, 1.165) is 10.8 Å². The summed E-state index contributed by atoms with van der Waals surface area (Å²) in [5.41, 5.74) is 0.332. The standard InChI is InChI=1S/C12H8O4S/c13-11-7-17(14,15)16-12-6-9-4-2-1-3-8(9)5-10(11)12/h1-6H,7H2. The van der Waals surface area contributed by atoms with Gasteiger partial charge in [-0.3, -0.25) is 4.79 Å². The van der Waals surface area contributed by atoms with E-state index in [1.165, 1.54) is 0 Å². The Morgan fingerprint density at radius 1 is 1.06 bits per heavy atom. The van der Waals surface area contributed by atoms with Crippen LogP contribution in [-0.4, -0.2) is 20.0 Å². The Balaban J connectivity index is 2.32. The van der Waals surface area contributed by atoms with Gasteiger partial charge in [0.25, 0.3) is 0 Å². The van der Waals surface area contributed by atoms with Crippen LogP contribution in [0.5, 0.6) is 5.75 Å². The summed E-state index contributed by atoms with van der Waals surface area (Å²) in [7, 11) is -3.76. The zero-order chi connectivity index (χ0) is 12.0. The van der Waals surface area contributed by atoms with Crippen molar-refractivity contribution in [2.45, 2.75) is 0 Å². The number of carbonyl (C=O) groups excluding carboxylic acids is 1. The lowest BCUT2D eigenvalue weighted by atomic mass is 10.0. The molecule has 0 N–H and O–H groups in total. The van der Waals surface area contributed by atoms with Crippen LogP contribution in [0.2, 0.25) is 0 Å². The van der Waals surface area contributed by atoms with Crippen molar-refractivity contribution >= 4 is 26.7 Å². The highest BCUT2D eigenvalue weighted by Crippen LogP contribution is 2.30. The van der Waals surface area contributed by atoms with E-state index < -0.39 is 21.7 Å². The molecule has 0 aromatic heterocycles. The Kier molecular flexibility index (Phi) is 2.00. The molecule has 4 nitrogen and oxygen atoms in total. The molecular weight excluding hydrogens is 240 g/mol. The molecule has 0 radical (unpaired) electrons. The molecule has 0 spiro atoms. The summed E-state index contributed by atoms with van der Waals surface area (Å²) in [6.45, 7) is 0. The van der Waals surface area contributed by atoms with Gasteiger partial charge in [-0.2, -0.15) is 8.42 Å². The highest BCUT2D eigenvalue weighted by Gasteiger charge is 2.29. The predicted octanol–water partition coefficient (Wildman–Crippen LogP) is 1.74. The second-order valence-corrected chi connectivity index (χ2v) is 5.47. The van der Waals surface area contributed by atoms with Gasteiger partial charge in [-0.05, 0) is 22.9 Å². The van der Waals surface area contributed by atoms with Crippen LogP contribution in [0.3, 0.4) is 0 Å². The maximum Gasteiger partial charge on any atom is 0.316 e. The molecule has 17 heavy (non-hydrogen) atoms. The number of fused-ring (bicyclic) bond motifs is 2. The monoisotopic (exact) mass is 248 g/mol. The molecule has 1 aliphatic heterocycles. The minimum atomic E-state index is -3.76. The summed E-state index contributed by atoms with van der Waals surface area (Å²) in [5.74, 6) is -0.879. The third-order valence-electron chi connectivity index (χ3n) is 2.67. The topological polar surface area (TPSA) is 60.4 Å². The van der Waals surface area contributed by atoms with Crippen molar-refractivity contribution in [1.82, 2.24) is 0 Å². The molecule has 0 unspecified atom stereocenters. The van der Waals surface area contributed by atoms with Crippen molar-refractivity contribution in [1.29, 1.82) is 0 Å². The average molecular weight is 248 g/mol. The van der Waals surface area contributed by atoms with E-state index >= 15 is 0 Å². The van der Waals surface area contributed by atoms with Crippen molar-refractivity contribution in [3.8, 4) is 5.75 Å². The quantitative estimate of drug-likeness (QED) is 0.666. The molecule has 3 rings (SSSR count). The first kappa shape index (κ1) is 10.3. The Morgan fingerprint density at radius 3 is 2.41 bits per heavy atom. The van der Waals surface area contributed by atoms with Gasteiger partial charge < -0.3 is 4.18 Å². The molecule has 1 aliphatic rings. The van der Waals surface area contributed by atoms with Crippen LogP contribution in [0.25, 0.3) is 10.8 Å². The first-order valence-electron chi connectivity index (χ1n) is 5.03. The summed E-state index contributed by atoms with van der Waals surface area (Å²) in [4.78, 5) is 11.7. The van der Waals surface area contributed by atoms with E-state index in [-0.39, 0.29) is 5.75 Å². The summed E-state index contributed by atoms with van der Waals surface area (Å²) in [6.07, 6.45) is 0. The molecule has 86 valence electrons. The first-order valence-corrected chi connectivity index (χ1v) is 6.61. The molecule has 2 aromatic carbocycles. The Morgan fingerprint density at radius 2 is 1.71 bits per heavy atom. The number of hydrogen-bond acceptors (Lipinski definition) is 4. The Hall–Kier alpha value is -1.88. The van der Waals surface area contributed by atoms with Crippen molar-refractivity contribution in [2.24, 2.45) is 0 Å². The third kappa shape index (κ3) is 1.68. The molecule has 0 saturated carbocycles. The molecular formula is C12H8O4S. The van der Waals surface area contributed by atoms with Gasteiger partial charge in [-0.1, -0.05) is 24.3 Å². The van der Waals surface area contributed by atoms with Crippen molar-refractivity contribution < 1.29 is 17.4 Å². The van der Waals surface area contributed by atoms with E-state index in [1.54, 1.807) is 12.1 Å². The summed E-state index contributed by atoms with van der Waals surface area (Å²) in [5, 5.41) is 1.73. The van der Waals surface area contributed by atoms with Gasteiger partial charge >= 0.3 is 10.1 Å². The van der Waals surface area contributed by atoms with E-state index in [9.17, 15) is 13.2 Å². The number of hydrogen-bond donors (Lipinski definition) is 0.